The summed E-state index contributed by atoms with van der Waals surface area (Å²) in [5, 5.41) is 0. The predicted molar refractivity (Wildman–Crippen MR) is 69.8 cm³/mol. The van der Waals surface area contributed by atoms with Gasteiger partial charge in [0.15, 0.2) is 0 Å². The Kier molecular flexibility index (Phi) is 3.33. The molecule has 0 aliphatic carbocycles. The fraction of sp³-hybridized carbons (Fsp3) is 0.462. The normalized spacial score (nSPS) is 11.4. The van der Waals surface area contributed by atoms with Gasteiger partial charge in [-0.25, -0.2) is 4.98 Å². The fourth-order valence-corrected chi connectivity index (χ4v) is 1.91. The third kappa shape index (κ3) is 2.42. The van der Waals surface area contributed by atoms with Gasteiger partial charge in [0, 0.05) is 43.0 Å². The molecule has 17 heavy (non-hydrogen) atoms. The lowest BCUT2D eigenvalue weighted by Crippen LogP contribution is -2.04. The molecule has 4 heteroatoms. The van der Waals surface area contributed by atoms with Crippen molar-refractivity contribution in [1.82, 2.24) is 14.5 Å². The summed E-state index contributed by atoms with van der Waals surface area (Å²) in [5.74, 6) is 1.44. The molecule has 0 amide bonds. The molecule has 0 fully saturated rings. The van der Waals surface area contributed by atoms with Gasteiger partial charge >= 0.3 is 0 Å². The SMILES string of the molecule is CC(C)c1nc(-c2ccn(C)c2)c(CCN)[nH]1. The lowest BCUT2D eigenvalue weighted by molar-refractivity contribution is 0.786. The molecule has 2 rings (SSSR count). The maximum Gasteiger partial charge on any atom is 0.109 e. The number of rotatable bonds is 4. The fourth-order valence-electron chi connectivity index (χ4n) is 1.91. The van der Waals surface area contributed by atoms with Crippen LogP contribution < -0.4 is 5.73 Å². The zero-order chi connectivity index (χ0) is 12.4. The van der Waals surface area contributed by atoms with Gasteiger partial charge in [-0.15, -0.1) is 0 Å². The second-order valence-electron chi connectivity index (χ2n) is 4.71. The lowest BCUT2D eigenvalue weighted by atomic mass is 10.1. The van der Waals surface area contributed by atoms with Crippen molar-refractivity contribution in [2.75, 3.05) is 6.54 Å². The molecule has 92 valence electrons. The molecule has 0 saturated carbocycles. The Hall–Kier alpha value is -1.55. The van der Waals surface area contributed by atoms with Crippen LogP contribution in [-0.4, -0.2) is 21.1 Å². The van der Waals surface area contributed by atoms with Crippen LogP contribution in [0.3, 0.4) is 0 Å². The Balaban J connectivity index is 2.43. The minimum absolute atomic E-state index is 0.406. The maximum absolute atomic E-state index is 5.65. The number of aryl methyl sites for hydroxylation is 1. The zero-order valence-corrected chi connectivity index (χ0v) is 10.7. The van der Waals surface area contributed by atoms with E-state index in [1.54, 1.807) is 0 Å². The molecule has 0 radical (unpaired) electrons. The van der Waals surface area contributed by atoms with Crippen LogP contribution in [0.1, 0.15) is 31.3 Å². The summed E-state index contributed by atoms with van der Waals surface area (Å²) in [6.45, 7) is 4.92. The smallest absolute Gasteiger partial charge is 0.109 e. The molecule has 3 N–H and O–H groups in total. The van der Waals surface area contributed by atoms with E-state index >= 15 is 0 Å². The number of aromatic nitrogens is 3. The number of hydrogen-bond acceptors (Lipinski definition) is 2. The lowest BCUT2D eigenvalue weighted by Gasteiger charge is -1.98. The molecule has 0 spiro atoms. The van der Waals surface area contributed by atoms with Gasteiger partial charge in [0.05, 0.1) is 5.69 Å². The molecular formula is C13H20N4. The van der Waals surface area contributed by atoms with Gasteiger partial charge in [-0.05, 0) is 12.6 Å². The Morgan fingerprint density at radius 2 is 2.24 bits per heavy atom. The Morgan fingerprint density at radius 3 is 2.76 bits per heavy atom. The van der Waals surface area contributed by atoms with E-state index in [1.807, 2.05) is 17.8 Å². The molecule has 0 aromatic carbocycles. The van der Waals surface area contributed by atoms with Gasteiger partial charge in [0.25, 0.3) is 0 Å². The quantitative estimate of drug-likeness (QED) is 0.847. The van der Waals surface area contributed by atoms with Crippen molar-refractivity contribution in [3.8, 4) is 11.3 Å². The van der Waals surface area contributed by atoms with E-state index in [0.29, 0.717) is 12.5 Å². The molecule has 0 bridgehead atoms. The Morgan fingerprint density at radius 1 is 1.47 bits per heavy atom. The zero-order valence-electron chi connectivity index (χ0n) is 10.7. The molecule has 0 unspecified atom stereocenters. The second-order valence-corrected chi connectivity index (χ2v) is 4.71. The molecule has 2 aromatic heterocycles. The van der Waals surface area contributed by atoms with Crippen molar-refractivity contribution in [2.24, 2.45) is 12.8 Å². The van der Waals surface area contributed by atoms with E-state index in [9.17, 15) is 0 Å². The van der Waals surface area contributed by atoms with Crippen LogP contribution in [0.25, 0.3) is 11.3 Å². The van der Waals surface area contributed by atoms with Crippen LogP contribution in [0.15, 0.2) is 18.5 Å². The first kappa shape index (κ1) is 11.9. The van der Waals surface area contributed by atoms with Crippen LogP contribution in [0.5, 0.6) is 0 Å². The number of hydrogen-bond donors (Lipinski definition) is 2. The highest BCUT2D eigenvalue weighted by Crippen LogP contribution is 2.24. The number of imidazole rings is 1. The summed E-state index contributed by atoms with van der Waals surface area (Å²) < 4.78 is 2.03. The van der Waals surface area contributed by atoms with Crippen molar-refractivity contribution in [2.45, 2.75) is 26.2 Å². The van der Waals surface area contributed by atoms with Crippen molar-refractivity contribution < 1.29 is 0 Å². The van der Waals surface area contributed by atoms with Crippen LogP contribution >= 0.6 is 0 Å². The first-order valence-electron chi connectivity index (χ1n) is 6.03. The minimum Gasteiger partial charge on any atom is -0.357 e. The molecule has 0 aliphatic heterocycles. The van der Waals surface area contributed by atoms with E-state index in [4.69, 9.17) is 5.73 Å². The highest BCUT2D eigenvalue weighted by atomic mass is 15.0. The molecule has 0 atom stereocenters. The van der Waals surface area contributed by atoms with E-state index < -0.39 is 0 Å². The Labute approximate surface area is 102 Å². The molecule has 4 nitrogen and oxygen atoms in total. The van der Waals surface area contributed by atoms with Gasteiger partial charge < -0.3 is 15.3 Å². The predicted octanol–water partition coefficient (Wildman–Crippen LogP) is 2.04. The second kappa shape index (κ2) is 4.75. The van der Waals surface area contributed by atoms with Crippen LogP contribution in [0.4, 0.5) is 0 Å². The molecule has 0 aliphatic rings. The summed E-state index contributed by atoms with van der Waals surface area (Å²) in [5.41, 5.74) is 8.98. The van der Waals surface area contributed by atoms with Crippen molar-refractivity contribution in [3.63, 3.8) is 0 Å². The summed E-state index contributed by atoms with van der Waals surface area (Å²) >= 11 is 0. The molecule has 0 saturated heterocycles. The average molecular weight is 232 g/mol. The van der Waals surface area contributed by atoms with Crippen molar-refractivity contribution in [1.29, 1.82) is 0 Å². The van der Waals surface area contributed by atoms with Gasteiger partial charge in [0.2, 0.25) is 0 Å². The summed E-state index contributed by atoms with van der Waals surface area (Å²) in [6.07, 6.45) is 4.95. The first-order chi connectivity index (χ1) is 8.11. The van der Waals surface area contributed by atoms with E-state index in [2.05, 4.69) is 36.1 Å². The monoisotopic (exact) mass is 232 g/mol. The molecular weight excluding hydrogens is 212 g/mol. The highest BCUT2D eigenvalue weighted by molar-refractivity contribution is 5.61. The largest absolute Gasteiger partial charge is 0.357 e. The van der Waals surface area contributed by atoms with Gasteiger partial charge in [-0.3, -0.25) is 0 Å². The minimum atomic E-state index is 0.406. The number of H-pyrrole nitrogens is 1. The third-order valence-electron chi connectivity index (χ3n) is 2.84. The van der Waals surface area contributed by atoms with Crippen LogP contribution in [0.2, 0.25) is 0 Å². The summed E-state index contributed by atoms with van der Waals surface area (Å²) in [6, 6.07) is 2.08. The van der Waals surface area contributed by atoms with E-state index in [1.165, 1.54) is 0 Å². The highest BCUT2D eigenvalue weighted by Gasteiger charge is 2.14. The van der Waals surface area contributed by atoms with E-state index in [0.717, 1.165) is 29.2 Å². The van der Waals surface area contributed by atoms with Crippen molar-refractivity contribution >= 4 is 0 Å². The van der Waals surface area contributed by atoms with Gasteiger partial charge in [-0.2, -0.15) is 0 Å². The third-order valence-corrected chi connectivity index (χ3v) is 2.84. The molecule has 2 aromatic rings. The van der Waals surface area contributed by atoms with Crippen LogP contribution in [-0.2, 0) is 13.5 Å². The number of nitrogens with one attached hydrogen (secondary N) is 1. The first-order valence-corrected chi connectivity index (χ1v) is 6.03. The number of nitrogens with two attached hydrogens (primary N) is 1. The maximum atomic E-state index is 5.65. The summed E-state index contributed by atoms with van der Waals surface area (Å²) in [4.78, 5) is 8.08. The molecule has 2 heterocycles. The Bertz CT molecular complexity index is 493. The van der Waals surface area contributed by atoms with Gasteiger partial charge in [-0.1, -0.05) is 13.8 Å². The van der Waals surface area contributed by atoms with Crippen LogP contribution in [0, 0.1) is 0 Å². The average Bonchev–Trinajstić information content (AvgIpc) is 2.85. The number of aromatic amines is 1. The van der Waals surface area contributed by atoms with Gasteiger partial charge in [0.1, 0.15) is 5.82 Å². The number of nitrogens with zero attached hydrogens (tertiary/aromatic N) is 2. The van der Waals surface area contributed by atoms with Crippen molar-refractivity contribution in [3.05, 3.63) is 30.0 Å². The van der Waals surface area contributed by atoms with E-state index in [-0.39, 0.29) is 0 Å². The standard InChI is InChI=1S/C13H20N4/c1-9(2)13-15-11(4-6-14)12(16-13)10-5-7-17(3)8-10/h5,7-9H,4,6,14H2,1-3H3,(H,15,16). The summed E-state index contributed by atoms with van der Waals surface area (Å²) in [7, 11) is 2.02. The topological polar surface area (TPSA) is 59.6 Å².